The van der Waals surface area contributed by atoms with Gasteiger partial charge < -0.3 is 9.84 Å². The molecule has 2 rings (SSSR count). The predicted octanol–water partition coefficient (Wildman–Crippen LogP) is 2.42. The summed E-state index contributed by atoms with van der Waals surface area (Å²) in [7, 11) is 0. The molecular weight excluding hydrogens is 231 g/mol. The molecule has 1 saturated heterocycles. The summed E-state index contributed by atoms with van der Waals surface area (Å²) in [4.78, 5) is 0. The lowest BCUT2D eigenvalue weighted by molar-refractivity contribution is 0.0912. The van der Waals surface area contributed by atoms with Crippen molar-refractivity contribution in [2.24, 2.45) is 5.92 Å². The zero-order chi connectivity index (χ0) is 11.5. The molecule has 0 spiro atoms. The number of aliphatic hydroxyl groups is 1. The highest BCUT2D eigenvalue weighted by atomic mass is 35.5. The Labute approximate surface area is 99.0 Å². The van der Waals surface area contributed by atoms with Crippen LogP contribution in [-0.4, -0.2) is 24.4 Å². The first-order valence-corrected chi connectivity index (χ1v) is 5.75. The Morgan fingerprint density at radius 2 is 2.38 bits per heavy atom. The Morgan fingerprint density at radius 3 is 3.06 bits per heavy atom. The lowest BCUT2D eigenvalue weighted by Gasteiger charge is -2.16. The van der Waals surface area contributed by atoms with Crippen molar-refractivity contribution in [3.63, 3.8) is 0 Å². The van der Waals surface area contributed by atoms with Crippen LogP contribution in [0, 0.1) is 11.7 Å². The summed E-state index contributed by atoms with van der Waals surface area (Å²) >= 11 is 5.68. The number of aliphatic hydroxyl groups excluding tert-OH is 1. The van der Waals surface area contributed by atoms with Crippen LogP contribution >= 0.6 is 11.6 Å². The lowest BCUT2D eigenvalue weighted by atomic mass is 9.95. The molecule has 0 amide bonds. The van der Waals surface area contributed by atoms with E-state index in [4.69, 9.17) is 16.3 Å². The zero-order valence-electron chi connectivity index (χ0n) is 8.83. The summed E-state index contributed by atoms with van der Waals surface area (Å²) in [6.07, 6.45) is 0.569. The van der Waals surface area contributed by atoms with Crippen LogP contribution in [0.3, 0.4) is 0 Å². The van der Waals surface area contributed by atoms with Gasteiger partial charge in [0, 0.05) is 18.9 Å². The Morgan fingerprint density at radius 1 is 1.56 bits per heavy atom. The number of hydrogen-bond donors (Lipinski definition) is 1. The van der Waals surface area contributed by atoms with Gasteiger partial charge in [0.25, 0.3) is 0 Å². The summed E-state index contributed by atoms with van der Waals surface area (Å²) in [6.45, 7) is 1.24. The third kappa shape index (κ3) is 2.54. The molecule has 1 fully saturated rings. The molecule has 0 aliphatic carbocycles. The molecule has 1 aromatic rings. The zero-order valence-corrected chi connectivity index (χ0v) is 9.58. The third-order valence-electron chi connectivity index (χ3n) is 2.97. The van der Waals surface area contributed by atoms with Gasteiger partial charge in [-0.3, -0.25) is 0 Å². The van der Waals surface area contributed by atoms with Gasteiger partial charge in [0.05, 0.1) is 17.7 Å². The minimum atomic E-state index is -0.560. The van der Waals surface area contributed by atoms with E-state index in [1.165, 1.54) is 6.07 Å². The van der Waals surface area contributed by atoms with Crippen molar-refractivity contribution in [2.45, 2.75) is 18.9 Å². The Balaban J connectivity index is 2.05. The van der Waals surface area contributed by atoms with E-state index >= 15 is 0 Å². The average molecular weight is 245 g/mol. The monoisotopic (exact) mass is 244 g/mol. The van der Waals surface area contributed by atoms with Crippen LogP contribution in [-0.2, 0) is 11.2 Å². The highest BCUT2D eigenvalue weighted by Crippen LogP contribution is 2.23. The van der Waals surface area contributed by atoms with E-state index in [9.17, 15) is 9.50 Å². The smallest absolute Gasteiger partial charge is 0.145 e. The van der Waals surface area contributed by atoms with E-state index in [-0.39, 0.29) is 10.9 Å². The number of hydrogen-bond acceptors (Lipinski definition) is 2. The van der Waals surface area contributed by atoms with Crippen molar-refractivity contribution in [1.82, 2.24) is 0 Å². The van der Waals surface area contributed by atoms with Crippen LogP contribution in [0.25, 0.3) is 0 Å². The quantitative estimate of drug-likeness (QED) is 0.885. The van der Waals surface area contributed by atoms with Crippen LogP contribution < -0.4 is 0 Å². The molecule has 2 nitrogen and oxygen atoms in total. The van der Waals surface area contributed by atoms with Crippen LogP contribution in [0.5, 0.6) is 0 Å². The van der Waals surface area contributed by atoms with Gasteiger partial charge in [0.1, 0.15) is 5.82 Å². The fourth-order valence-corrected chi connectivity index (χ4v) is 2.15. The molecule has 88 valence electrons. The van der Waals surface area contributed by atoms with E-state index in [0.717, 1.165) is 6.42 Å². The van der Waals surface area contributed by atoms with Gasteiger partial charge in [-0.2, -0.15) is 0 Å². The van der Waals surface area contributed by atoms with Gasteiger partial charge in [0.15, 0.2) is 0 Å². The van der Waals surface area contributed by atoms with E-state index in [0.29, 0.717) is 25.2 Å². The van der Waals surface area contributed by atoms with Gasteiger partial charge in [-0.05, 0) is 18.1 Å². The molecule has 4 heteroatoms. The second-order valence-electron chi connectivity index (χ2n) is 4.11. The molecule has 1 heterocycles. The van der Waals surface area contributed by atoms with Crippen molar-refractivity contribution in [1.29, 1.82) is 0 Å². The first-order chi connectivity index (χ1) is 7.68. The number of rotatable bonds is 3. The van der Waals surface area contributed by atoms with Gasteiger partial charge in [-0.1, -0.05) is 23.7 Å². The maximum atomic E-state index is 13.6. The maximum Gasteiger partial charge on any atom is 0.145 e. The van der Waals surface area contributed by atoms with Crippen LogP contribution in [0.15, 0.2) is 18.2 Å². The summed E-state index contributed by atoms with van der Waals surface area (Å²) in [5.74, 6) is -0.319. The fourth-order valence-electron chi connectivity index (χ4n) is 1.95. The fraction of sp³-hybridized carbons (Fsp3) is 0.500. The minimum Gasteiger partial charge on any atom is -0.392 e. The number of halogens is 2. The van der Waals surface area contributed by atoms with Crippen molar-refractivity contribution in [3.05, 3.63) is 34.6 Å². The highest BCUT2D eigenvalue weighted by Gasteiger charge is 2.25. The maximum absolute atomic E-state index is 13.6. The van der Waals surface area contributed by atoms with Crippen LogP contribution in [0.4, 0.5) is 4.39 Å². The van der Waals surface area contributed by atoms with Gasteiger partial charge >= 0.3 is 0 Å². The van der Waals surface area contributed by atoms with E-state index in [1.54, 1.807) is 12.1 Å². The summed E-state index contributed by atoms with van der Waals surface area (Å²) in [5, 5.41) is 10.0. The first-order valence-electron chi connectivity index (χ1n) is 5.37. The molecule has 0 saturated carbocycles. The number of ether oxygens (including phenoxy) is 1. The topological polar surface area (TPSA) is 29.5 Å². The van der Waals surface area contributed by atoms with Crippen molar-refractivity contribution < 1.29 is 14.2 Å². The molecule has 0 radical (unpaired) electrons. The van der Waals surface area contributed by atoms with Gasteiger partial charge in [-0.15, -0.1) is 0 Å². The third-order valence-corrected chi connectivity index (χ3v) is 3.26. The molecule has 16 heavy (non-hydrogen) atoms. The molecule has 2 unspecified atom stereocenters. The Hall–Kier alpha value is -0.640. The molecule has 0 bridgehead atoms. The second kappa shape index (κ2) is 5.13. The second-order valence-corrected chi connectivity index (χ2v) is 4.52. The summed E-state index contributed by atoms with van der Waals surface area (Å²) in [5.41, 5.74) is 0.465. The Bertz CT molecular complexity index is 364. The molecule has 0 aromatic heterocycles. The minimum absolute atomic E-state index is 0.104. The van der Waals surface area contributed by atoms with Gasteiger partial charge in [-0.25, -0.2) is 4.39 Å². The standard InChI is InChI=1S/C12H14ClFO2/c13-10-3-1-2-8(12(10)14)6-11(15)9-4-5-16-7-9/h1-3,9,11,15H,4-7H2. The normalized spacial score (nSPS) is 22.3. The molecule has 1 aromatic carbocycles. The van der Waals surface area contributed by atoms with Crippen molar-refractivity contribution in [2.75, 3.05) is 13.2 Å². The largest absolute Gasteiger partial charge is 0.392 e. The first kappa shape index (κ1) is 11.8. The highest BCUT2D eigenvalue weighted by molar-refractivity contribution is 6.30. The average Bonchev–Trinajstić information content (AvgIpc) is 2.78. The molecule has 1 aliphatic heterocycles. The van der Waals surface area contributed by atoms with Gasteiger partial charge in [0.2, 0.25) is 0 Å². The van der Waals surface area contributed by atoms with E-state index < -0.39 is 11.9 Å². The lowest BCUT2D eigenvalue weighted by Crippen LogP contribution is -2.23. The molecule has 2 atom stereocenters. The van der Waals surface area contributed by atoms with E-state index in [2.05, 4.69) is 0 Å². The summed E-state index contributed by atoms with van der Waals surface area (Å²) < 4.78 is 18.8. The van der Waals surface area contributed by atoms with Crippen molar-refractivity contribution in [3.8, 4) is 0 Å². The molecule has 1 N–H and O–H groups in total. The molecule has 1 aliphatic rings. The van der Waals surface area contributed by atoms with E-state index in [1.807, 2.05) is 0 Å². The van der Waals surface area contributed by atoms with Crippen LogP contribution in [0.2, 0.25) is 5.02 Å². The SMILES string of the molecule is OC(Cc1cccc(Cl)c1F)C1CCOC1. The van der Waals surface area contributed by atoms with Crippen molar-refractivity contribution >= 4 is 11.6 Å². The predicted molar refractivity (Wildman–Crippen MR) is 60.0 cm³/mol. The number of benzene rings is 1. The molecular formula is C12H14ClFO2. The van der Waals surface area contributed by atoms with Crippen LogP contribution in [0.1, 0.15) is 12.0 Å². The Kier molecular flexibility index (Phi) is 3.79. The summed E-state index contributed by atoms with van der Waals surface area (Å²) in [6, 6.07) is 4.85.